The van der Waals surface area contributed by atoms with Gasteiger partial charge in [-0.25, -0.2) is 0 Å². The molecule has 25 heavy (non-hydrogen) atoms. The second-order valence-corrected chi connectivity index (χ2v) is 5.92. The van der Waals surface area contributed by atoms with E-state index in [2.05, 4.69) is 5.32 Å². The summed E-state index contributed by atoms with van der Waals surface area (Å²) in [6.45, 7) is 3.55. The summed E-state index contributed by atoms with van der Waals surface area (Å²) in [5.41, 5.74) is 2.33. The SMILES string of the molecule is COc1ccc(CCNC[C@@H](O)COc2ccc(C)cc2)cc1OC. The first-order valence-electron chi connectivity index (χ1n) is 8.41. The highest BCUT2D eigenvalue weighted by molar-refractivity contribution is 5.42. The van der Waals surface area contributed by atoms with Gasteiger partial charge in [0, 0.05) is 6.54 Å². The van der Waals surface area contributed by atoms with Crippen LogP contribution in [0.2, 0.25) is 0 Å². The lowest BCUT2D eigenvalue weighted by atomic mass is 10.1. The number of hydrogen-bond donors (Lipinski definition) is 2. The zero-order chi connectivity index (χ0) is 18.1. The Bertz CT molecular complexity index is 643. The molecule has 0 heterocycles. The zero-order valence-electron chi connectivity index (χ0n) is 15.1. The Balaban J connectivity index is 1.67. The monoisotopic (exact) mass is 345 g/mol. The average molecular weight is 345 g/mol. The number of aliphatic hydroxyl groups excluding tert-OH is 1. The van der Waals surface area contributed by atoms with Crippen molar-refractivity contribution in [1.29, 1.82) is 0 Å². The van der Waals surface area contributed by atoms with Crippen molar-refractivity contribution in [2.24, 2.45) is 0 Å². The van der Waals surface area contributed by atoms with Crippen molar-refractivity contribution in [2.45, 2.75) is 19.4 Å². The summed E-state index contributed by atoms with van der Waals surface area (Å²) in [6, 6.07) is 13.7. The van der Waals surface area contributed by atoms with Crippen molar-refractivity contribution in [1.82, 2.24) is 5.32 Å². The van der Waals surface area contributed by atoms with E-state index < -0.39 is 6.10 Å². The molecule has 0 aliphatic carbocycles. The summed E-state index contributed by atoms with van der Waals surface area (Å²) >= 11 is 0. The van der Waals surface area contributed by atoms with Crippen LogP contribution in [0.5, 0.6) is 17.2 Å². The molecule has 2 rings (SSSR count). The van der Waals surface area contributed by atoms with Crippen LogP contribution in [0, 0.1) is 6.92 Å². The molecule has 1 atom stereocenters. The van der Waals surface area contributed by atoms with Crippen molar-refractivity contribution in [2.75, 3.05) is 33.9 Å². The number of ether oxygens (including phenoxy) is 3. The Morgan fingerprint density at radius 2 is 1.72 bits per heavy atom. The first kappa shape index (κ1) is 19.1. The molecule has 2 aromatic rings. The van der Waals surface area contributed by atoms with Gasteiger partial charge in [0.05, 0.1) is 14.2 Å². The van der Waals surface area contributed by atoms with Crippen molar-refractivity contribution >= 4 is 0 Å². The average Bonchev–Trinajstić information content (AvgIpc) is 2.64. The third-order valence-corrected chi connectivity index (χ3v) is 3.88. The maximum Gasteiger partial charge on any atom is 0.160 e. The van der Waals surface area contributed by atoms with Crippen LogP contribution < -0.4 is 19.5 Å². The molecule has 2 N–H and O–H groups in total. The molecule has 5 heteroatoms. The van der Waals surface area contributed by atoms with Crippen molar-refractivity contribution in [3.63, 3.8) is 0 Å². The smallest absolute Gasteiger partial charge is 0.160 e. The number of hydrogen-bond acceptors (Lipinski definition) is 5. The fourth-order valence-electron chi connectivity index (χ4n) is 2.42. The maximum atomic E-state index is 9.99. The first-order chi connectivity index (χ1) is 12.1. The Labute approximate surface area is 149 Å². The number of benzene rings is 2. The van der Waals surface area contributed by atoms with Crippen LogP contribution >= 0.6 is 0 Å². The summed E-state index contributed by atoms with van der Waals surface area (Å²) in [5.74, 6) is 2.23. The topological polar surface area (TPSA) is 60.0 Å². The Kier molecular flexibility index (Phi) is 7.57. The molecule has 0 saturated heterocycles. The fourth-order valence-corrected chi connectivity index (χ4v) is 2.42. The van der Waals surface area contributed by atoms with Crippen LogP contribution in [0.4, 0.5) is 0 Å². The van der Waals surface area contributed by atoms with Crippen LogP contribution in [-0.2, 0) is 6.42 Å². The molecule has 0 fully saturated rings. The molecule has 0 aliphatic rings. The predicted molar refractivity (Wildman–Crippen MR) is 98.8 cm³/mol. The molecule has 2 aromatic carbocycles. The highest BCUT2D eigenvalue weighted by Crippen LogP contribution is 2.27. The number of methoxy groups -OCH3 is 2. The summed E-state index contributed by atoms with van der Waals surface area (Å²) < 4.78 is 16.1. The molecule has 136 valence electrons. The molecule has 5 nitrogen and oxygen atoms in total. The molecule has 0 aromatic heterocycles. The van der Waals surface area contributed by atoms with E-state index in [4.69, 9.17) is 14.2 Å². The lowest BCUT2D eigenvalue weighted by Gasteiger charge is -2.14. The molecule has 0 radical (unpaired) electrons. The molecule has 0 amide bonds. The van der Waals surface area contributed by atoms with E-state index in [1.54, 1.807) is 14.2 Å². The van der Waals surface area contributed by atoms with Crippen LogP contribution in [0.3, 0.4) is 0 Å². The highest BCUT2D eigenvalue weighted by atomic mass is 16.5. The van der Waals surface area contributed by atoms with Gasteiger partial charge in [0.25, 0.3) is 0 Å². The van der Waals surface area contributed by atoms with Gasteiger partial charge in [-0.3, -0.25) is 0 Å². The van der Waals surface area contributed by atoms with Gasteiger partial charge >= 0.3 is 0 Å². The van der Waals surface area contributed by atoms with Crippen molar-refractivity contribution < 1.29 is 19.3 Å². The molecule has 0 bridgehead atoms. The van der Waals surface area contributed by atoms with Crippen LogP contribution in [0.15, 0.2) is 42.5 Å². The Hall–Kier alpha value is -2.24. The molecular weight excluding hydrogens is 318 g/mol. The van der Waals surface area contributed by atoms with E-state index in [-0.39, 0.29) is 6.61 Å². The standard InChI is InChI=1S/C20H27NO4/c1-15-4-7-18(8-5-15)25-14-17(22)13-21-11-10-16-6-9-19(23-2)20(12-16)24-3/h4-9,12,17,21-22H,10-11,13-14H2,1-3H3/t17-/m1/s1. The van der Waals surface area contributed by atoms with Gasteiger partial charge in [0.1, 0.15) is 18.5 Å². The van der Waals surface area contributed by atoms with Gasteiger partial charge in [-0.15, -0.1) is 0 Å². The quantitative estimate of drug-likeness (QED) is 0.648. The third-order valence-electron chi connectivity index (χ3n) is 3.88. The van der Waals surface area contributed by atoms with E-state index in [1.165, 1.54) is 5.56 Å². The van der Waals surface area contributed by atoms with E-state index in [9.17, 15) is 5.11 Å². The van der Waals surface area contributed by atoms with E-state index >= 15 is 0 Å². The first-order valence-corrected chi connectivity index (χ1v) is 8.41. The predicted octanol–water partition coefficient (Wildman–Crippen LogP) is 2.58. The highest BCUT2D eigenvalue weighted by Gasteiger charge is 2.07. The molecule has 0 spiro atoms. The van der Waals surface area contributed by atoms with Crippen LogP contribution in [0.25, 0.3) is 0 Å². The second kappa shape index (κ2) is 9.91. The normalized spacial score (nSPS) is 11.8. The third kappa shape index (κ3) is 6.29. The van der Waals surface area contributed by atoms with Gasteiger partial charge in [-0.2, -0.15) is 0 Å². The summed E-state index contributed by atoms with van der Waals surface area (Å²) in [4.78, 5) is 0. The fraction of sp³-hybridized carbons (Fsp3) is 0.400. The van der Waals surface area contributed by atoms with Crippen LogP contribution in [0.1, 0.15) is 11.1 Å². The molecule has 0 unspecified atom stereocenters. The minimum atomic E-state index is -0.549. The Morgan fingerprint density at radius 3 is 2.40 bits per heavy atom. The minimum absolute atomic E-state index is 0.270. The zero-order valence-corrected chi connectivity index (χ0v) is 15.1. The van der Waals surface area contributed by atoms with E-state index in [1.807, 2.05) is 49.4 Å². The molecular formula is C20H27NO4. The van der Waals surface area contributed by atoms with Gasteiger partial charge < -0.3 is 24.6 Å². The number of nitrogens with one attached hydrogen (secondary N) is 1. The lowest BCUT2D eigenvalue weighted by molar-refractivity contribution is 0.106. The summed E-state index contributed by atoms with van der Waals surface area (Å²) in [5, 5.41) is 13.2. The van der Waals surface area contributed by atoms with Gasteiger partial charge in [-0.05, 0) is 49.7 Å². The largest absolute Gasteiger partial charge is 0.493 e. The molecule has 0 saturated carbocycles. The maximum absolute atomic E-state index is 9.99. The Morgan fingerprint density at radius 1 is 1.00 bits per heavy atom. The van der Waals surface area contributed by atoms with Gasteiger partial charge in [-0.1, -0.05) is 23.8 Å². The number of aliphatic hydroxyl groups is 1. The van der Waals surface area contributed by atoms with Gasteiger partial charge in [0.15, 0.2) is 11.5 Å². The van der Waals surface area contributed by atoms with Crippen molar-refractivity contribution in [3.8, 4) is 17.2 Å². The number of aryl methyl sites for hydroxylation is 1. The molecule has 0 aliphatic heterocycles. The van der Waals surface area contributed by atoms with Crippen molar-refractivity contribution in [3.05, 3.63) is 53.6 Å². The number of rotatable bonds is 10. The second-order valence-electron chi connectivity index (χ2n) is 5.92. The lowest BCUT2D eigenvalue weighted by Crippen LogP contribution is -2.32. The summed E-state index contributed by atoms with van der Waals surface area (Å²) in [6.07, 6.45) is 0.290. The van der Waals surface area contributed by atoms with Crippen LogP contribution in [-0.4, -0.2) is 45.1 Å². The van der Waals surface area contributed by atoms with E-state index in [0.717, 1.165) is 35.8 Å². The minimum Gasteiger partial charge on any atom is -0.493 e. The summed E-state index contributed by atoms with van der Waals surface area (Å²) in [7, 11) is 3.25. The van der Waals surface area contributed by atoms with Gasteiger partial charge in [0.2, 0.25) is 0 Å². The van der Waals surface area contributed by atoms with E-state index in [0.29, 0.717) is 6.54 Å².